The summed E-state index contributed by atoms with van der Waals surface area (Å²) in [7, 11) is 0. The van der Waals surface area contributed by atoms with Gasteiger partial charge in [0.05, 0.1) is 10.6 Å². The van der Waals surface area contributed by atoms with Gasteiger partial charge in [-0.15, -0.1) is 0 Å². The van der Waals surface area contributed by atoms with Crippen LogP contribution in [0.2, 0.25) is 5.02 Å². The molecule has 0 spiro atoms. The molecule has 1 aromatic rings. The SMILES string of the molecule is CCN(CCCO)C(=O)c1cc(F)c(Cl)cc1F. The summed E-state index contributed by atoms with van der Waals surface area (Å²) >= 11 is 5.41. The van der Waals surface area contributed by atoms with Crippen molar-refractivity contribution in [1.82, 2.24) is 4.90 Å². The third-order valence-corrected chi connectivity index (χ3v) is 2.79. The molecule has 0 aliphatic heterocycles. The predicted octanol–water partition coefficient (Wildman–Crippen LogP) is 2.46. The number of rotatable bonds is 5. The van der Waals surface area contributed by atoms with Crippen molar-refractivity contribution in [2.45, 2.75) is 13.3 Å². The van der Waals surface area contributed by atoms with E-state index in [1.54, 1.807) is 6.92 Å². The van der Waals surface area contributed by atoms with Crippen LogP contribution in [0.5, 0.6) is 0 Å². The Bertz CT molecular complexity index is 440. The van der Waals surface area contributed by atoms with Crippen LogP contribution in [0.3, 0.4) is 0 Å². The number of nitrogens with zero attached hydrogens (tertiary/aromatic N) is 1. The standard InChI is InChI=1S/C12H14ClF2NO2/c1-2-16(4-3-5-17)12(18)8-6-11(15)9(13)7-10(8)14/h6-7,17H,2-5H2,1H3. The number of carbonyl (C=O) groups is 1. The van der Waals surface area contributed by atoms with E-state index in [1.165, 1.54) is 4.90 Å². The molecule has 100 valence electrons. The van der Waals surface area contributed by atoms with Gasteiger partial charge >= 0.3 is 0 Å². The molecule has 0 saturated heterocycles. The second-order valence-electron chi connectivity index (χ2n) is 3.71. The maximum Gasteiger partial charge on any atom is 0.256 e. The van der Waals surface area contributed by atoms with Gasteiger partial charge in [-0.1, -0.05) is 11.6 Å². The Morgan fingerprint density at radius 1 is 1.39 bits per heavy atom. The Balaban J connectivity index is 2.98. The molecule has 0 bridgehead atoms. The minimum atomic E-state index is -0.853. The molecule has 1 rings (SSSR count). The van der Waals surface area contributed by atoms with Gasteiger partial charge in [-0.3, -0.25) is 4.79 Å². The molecule has 3 nitrogen and oxygen atoms in total. The summed E-state index contributed by atoms with van der Waals surface area (Å²) in [6, 6.07) is 1.58. The monoisotopic (exact) mass is 277 g/mol. The van der Waals surface area contributed by atoms with Gasteiger partial charge in [0.2, 0.25) is 0 Å². The quantitative estimate of drug-likeness (QED) is 0.840. The lowest BCUT2D eigenvalue weighted by Gasteiger charge is -2.20. The van der Waals surface area contributed by atoms with Crippen LogP contribution in [-0.2, 0) is 0 Å². The lowest BCUT2D eigenvalue weighted by Crippen LogP contribution is -2.32. The van der Waals surface area contributed by atoms with Gasteiger partial charge in [-0.2, -0.15) is 0 Å². The number of hydrogen-bond acceptors (Lipinski definition) is 2. The average Bonchev–Trinajstić information content (AvgIpc) is 2.34. The van der Waals surface area contributed by atoms with Crippen molar-refractivity contribution in [3.63, 3.8) is 0 Å². The molecule has 18 heavy (non-hydrogen) atoms. The minimum Gasteiger partial charge on any atom is -0.396 e. The Morgan fingerprint density at radius 2 is 2.06 bits per heavy atom. The molecule has 1 aromatic carbocycles. The third kappa shape index (κ3) is 3.40. The zero-order chi connectivity index (χ0) is 13.7. The number of aliphatic hydroxyl groups is 1. The van der Waals surface area contributed by atoms with E-state index in [0.717, 1.165) is 12.1 Å². The Hall–Kier alpha value is -1.20. The van der Waals surface area contributed by atoms with Crippen molar-refractivity contribution in [3.8, 4) is 0 Å². The molecular formula is C12H14ClF2NO2. The first kappa shape index (κ1) is 14.9. The van der Waals surface area contributed by atoms with Gasteiger partial charge in [-0.05, 0) is 25.5 Å². The van der Waals surface area contributed by atoms with Gasteiger partial charge in [0.1, 0.15) is 11.6 Å². The number of amides is 1. The lowest BCUT2D eigenvalue weighted by molar-refractivity contribution is 0.0749. The molecule has 0 radical (unpaired) electrons. The van der Waals surface area contributed by atoms with E-state index < -0.39 is 17.5 Å². The zero-order valence-electron chi connectivity index (χ0n) is 9.92. The second-order valence-corrected chi connectivity index (χ2v) is 4.12. The van der Waals surface area contributed by atoms with E-state index in [4.69, 9.17) is 16.7 Å². The molecule has 1 N–H and O–H groups in total. The number of carbonyl (C=O) groups excluding carboxylic acids is 1. The first-order chi connectivity index (χ1) is 8.51. The second kappa shape index (κ2) is 6.66. The molecular weight excluding hydrogens is 264 g/mol. The van der Waals surface area contributed by atoms with E-state index >= 15 is 0 Å². The van der Waals surface area contributed by atoms with Crippen LogP contribution >= 0.6 is 11.6 Å². The summed E-state index contributed by atoms with van der Waals surface area (Å²) in [5, 5.41) is 8.35. The predicted molar refractivity (Wildman–Crippen MR) is 64.6 cm³/mol. The van der Waals surface area contributed by atoms with Crippen LogP contribution in [0.15, 0.2) is 12.1 Å². The van der Waals surface area contributed by atoms with Gasteiger partial charge in [0, 0.05) is 19.7 Å². The van der Waals surface area contributed by atoms with Gasteiger partial charge in [0.15, 0.2) is 0 Å². The number of benzene rings is 1. The fourth-order valence-corrected chi connectivity index (χ4v) is 1.67. The van der Waals surface area contributed by atoms with E-state index in [2.05, 4.69) is 0 Å². The maximum absolute atomic E-state index is 13.6. The molecule has 1 amide bonds. The Kier molecular flexibility index (Phi) is 5.50. The smallest absolute Gasteiger partial charge is 0.256 e. The highest BCUT2D eigenvalue weighted by Gasteiger charge is 2.20. The highest BCUT2D eigenvalue weighted by atomic mass is 35.5. The lowest BCUT2D eigenvalue weighted by atomic mass is 10.1. The first-order valence-electron chi connectivity index (χ1n) is 5.56. The van der Waals surface area contributed by atoms with Crippen LogP contribution in [-0.4, -0.2) is 35.6 Å². The van der Waals surface area contributed by atoms with E-state index in [0.29, 0.717) is 13.0 Å². The molecule has 0 heterocycles. The first-order valence-corrected chi connectivity index (χ1v) is 5.93. The highest BCUT2D eigenvalue weighted by Crippen LogP contribution is 2.20. The van der Waals surface area contributed by atoms with Gasteiger partial charge in [-0.25, -0.2) is 8.78 Å². The van der Waals surface area contributed by atoms with Crippen LogP contribution in [0.4, 0.5) is 8.78 Å². The fraction of sp³-hybridized carbons (Fsp3) is 0.417. The number of aliphatic hydroxyl groups excluding tert-OH is 1. The van der Waals surface area contributed by atoms with Gasteiger partial charge in [0.25, 0.3) is 5.91 Å². The van der Waals surface area contributed by atoms with E-state index in [1.807, 2.05) is 0 Å². The summed E-state index contributed by atoms with van der Waals surface area (Å²) in [5.41, 5.74) is -0.350. The van der Waals surface area contributed by atoms with Crippen molar-refractivity contribution in [1.29, 1.82) is 0 Å². The van der Waals surface area contributed by atoms with Crippen molar-refractivity contribution in [2.75, 3.05) is 19.7 Å². The van der Waals surface area contributed by atoms with Crippen LogP contribution in [0.1, 0.15) is 23.7 Å². The fourth-order valence-electron chi connectivity index (χ4n) is 1.52. The van der Waals surface area contributed by atoms with Crippen LogP contribution < -0.4 is 0 Å². The highest BCUT2D eigenvalue weighted by molar-refractivity contribution is 6.30. The van der Waals surface area contributed by atoms with Gasteiger partial charge < -0.3 is 10.0 Å². The molecule has 0 aliphatic carbocycles. The molecule has 0 unspecified atom stereocenters. The molecule has 6 heteroatoms. The normalized spacial score (nSPS) is 10.5. The summed E-state index contributed by atoms with van der Waals surface area (Å²) in [6.07, 6.45) is 0.386. The molecule has 0 aliphatic rings. The topological polar surface area (TPSA) is 40.5 Å². The summed E-state index contributed by atoms with van der Waals surface area (Å²) in [5.74, 6) is -2.30. The van der Waals surface area contributed by atoms with E-state index in [-0.39, 0.29) is 23.7 Å². The maximum atomic E-state index is 13.6. The molecule has 0 saturated carbocycles. The van der Waals surface area contributed by atoms with Crippen LogP contribution in [0.25, 0.3) is 0 Å². The van der Waals surface area contributed by atoms with E-state index in [9.17, 15) is 13.6 Å². The molecule has 0 atom stereocenters. The number of halogens is 3. The minimum absolute atomic E-state index is 0.0682. The third-order valence-electron chi connectivity index (χ3n) is 2.50. The molecule has 0 fully saturated rings. The van der Waals surface area contributed by atoms with Crippen molar-refractivity contribution >= 4 is 17.5 Å². The van der Waals surface area contributed by atoms with Crippen molar-refractivity contribution in [2.24, 2.45) is 0 Å². The van der Waals surface area contributed by atoms with Crippen molar-refractivity contribution in [3.05, 3.63) is 34.4 Å². The van der Waals surface area contributed by atoms with Crippen molar-refractivity contribution < 1.29 is 18.7 Å². The Labute approximate surface area is 109 Å². The molecule has 0 aromatic heterocycles. The summed E-state index contributed by atoms with van der Waals surface area (Å²) in [6.45, 7) is 2.29. The average molecular weight is 278 g/mol. The summed E-state index contributed by atoms with van der Waals surface area (Å²) in [4.78, 5) is 13.3. The van der Waals surface area contributed by atoms with Crippen LogP contribution in [0, 0.1) is 11.6 Å². The summed E-state index contributed by atoms with van der Waals surface area (Å²) < 4.78 is 26.8. The number of hydrogen-bond donors (Lipinski definition) is 1. The largest absolute Gasteiger partial charge is 0.396 e. The Morgan fingerprint density at radius 3 is 2.61 bits per heavy atom. The zero-order valence-corrected chi connectivity index (χ0v) is 10.7.